The molecule has 2 N–H and O–H groups in total. The van der Waals surface area contributed by atoms with Crippen LogP contribution in [-0.2, 0) is 11.2 Å². The third kappa shape index (κ3) is 4.49. The number of nitrogens with zero attached hydrogens (tertiary/aromatic N) is 2. The highest BCUT2D eigenvalue weighted by Gasteiger charge is 2.08. The van der Waals surface area contributed by atoms with Gasteiger partial charge in [-0.1, -0.05) is 35.5 Å². The maximum atomic E-state index is 11.9. The van der Waals surface area contributed by atoms with Crippen molar-refractivity contribution in [3.63, 3.8) is 0 Å². The first-order chi connectivity index (χ1) is 10.7. The maximum absolute atomic E-state index is 11.9. The lowest BCUT2D eigenvalue weighted by Crippen LogP contribution is -2.27. The molecule has 0 radical (unpaired) electrons. The van der Waals surface area contributed by atoms with Gasteiger partial charge in [-0.05, 0) is 18.9 Å². The number of aryl methyl sites for hydroxylation is 1. The van der Waals surface area contributed by atoms with Gasteiger partial charge in [0, 0.05) is 18.8 Å². The summed E-state index contributed by atoms with van der Waals surface area (Å²) in [5.41, 5.74) is 1.11. The molecule has 6 heteroatoms. The number of aromatic nitrogens is 1. The minimum absolute atomic E-state index is 0.0197. The van der Waals surface area contributed by atoms with Crippen LogP contribution < -0.4 is 10.6 Å². The molecular weight excluding hydrogens is 280 g/mol. The standard InChI is InChI=1S/C16H16N4O2/c1-12-9-15(20-22-12)19-11-14(10-17)16(21)18-8-7-13-5-3-2-4-6-13/h2-6,9,11H,7-8H2,1H3,(H,18,21)(H,19,20)/b14-11-. The van der Waals surface area contributed by atoms with Gasteiger partial charge in [0.25, 0.3) is 5.91 Å². The lowest BCUT2D eigenvalue weighted by atomic mass is 10.1. The van der Waals surface area contributed by atoms with Gasteiger partial charge in [-0.15, -0.1) is 0 Å². The van der Waals surface area contributed by atoms with Crippen LogP contribution in [0.15, 0.2) is 52.7 Å². The van der Waals surface area contributed by atoms with Crippen LogP contribution >= 0.6 is 0 Å². The molecule has 0 fully saturated rings. The molecule has 1 amide bonds. The van der Waals surface area contributed by atoms with Crippen LogP contribution in [0.2, 0.25) is 0 Å². The highest BCUT2D eigenvalue weighted by atomic mass is 16.5. The molecule has 0 aliphatic rings. The Morgan fingerprint density at radius 1 is 1.41 bits per heavy atom. The number of carbonyl (C=O) groups is 1. The number of benzene rings is 1. The third-order valence-electron chi connectivity index (χ3n) is 2.90. The molecule has 0 aliphatic heterocycles. The maximum Gasteiger partial charge on any atom is 0.263 e. The van der Waals surface area contributed by atoms with Crippen molar-refractivity contribution >= 4 is 11.7 Å². The van der Waals surface area contributed by atoms with Crippen LogP contribution in [0.4, 0.5) is 5.82 Å². The summed E-state index contributed by atoms with van der Waals surface area (Å²) in [7, 11) is 0. The van der Waals surface area contributed by atoms with E-state index in [9.17, 15) is 4.79 Å². The van der Waals surface area contributed by atoms with Crippen molar-refractivity contribution in [2.24, 2.45) is 0 Å². The molecule has 0 spiro atoms. The molecule has 112 valence electrons. The van der Waals surface area contributed by atoms with Crippen molar-refractivity contribution in [2.75, 3.05) is 11.9 Å². The molecule has 2 aromatic rings. The Labute approximate surface area is 128 Å². The smallest absolute Gasteiger partial charge is 0.263 e. The molecule has 0 aliphatic carbocycles. The zero-order valence-corrected chi connectivity index (χ0v) is 12.2. The van der Waals surface area contributed by atoms with Crippen LogP contribution in [-0.4, -0.2) is 17.6 Å². The number of anilines is 1. The molecule has 0 bridgehead atoms. The minimum Gasteiger partial charge on any atom is -0.360 e. The Bertz CT molecular complexity index is 698. The largest absolute Gasteiger partial charge is 0.360 e. The molecule has 0 atom stereocenters. The van der Waals surface area contributed by atoms with E-state index in [1.54, 1.807) is 13.0 Å². The first kappa shape index (κ1) is 15.3. The monoisotopic (exact) mass is 296 g/mol. The van der Waals surface area contributed by atoms with Crippen LogP contribution in [0.25, 0.3) is 0 Å². The predicted molar refractivity (Wildman–Crippen MR) is 81.7 cm³/mol. The second-order valence-corrected chi connectivity index (χ2v) is 4.63. The van der Waals surface area contributed by atoms with E-state index in [0.717, 1.165) is 5.56 Å². The van der Waals surface area contributed by atoms with Gasteiger partial charge < -0.3 is 15.2 Å². The molecule has 22 heavy (non-hydrogen) atoms. The van der Waals surface area contributed by atoms with E-state index >= 15 is 0 Å². The van der Waals surface area contributed by atoms with Crippen molar-refractivity contribution in [3.05, 3.63) is 59.5 Å². The van der Waals surface area contributed by atoms with Crippen molar-refractivity contribution in [1.29, 1.82) is 5.26 Å². The lowest BCUT2D eigenvalue weighted by molar-refractivity contribution is -0.117. The van der Waals surface area contributed by atoms with Gasteiger partial charge in [-0.3, -0.25) is 4.79 Å². The van der Waals surface area contributed by atoms with Crippen LogP contribution in [0.3, 0.4) is 0 Å². The lowest BCUT2D eigenvalue weighted by Gasteiger charge is -2.04. The average Bonchev–Trinajstić information content (AvgIpc) is 2.94. The molecule has 1 aromatic heterocycles. The Morgan fingerprint density at radius 2 is 2.18 bits per heavy atom. The van der Waals surface area contributed by atoms with Gasteiger partial charge in [-0.25, -0.2) is 0 Å². The number of hydrogen-bond acceptors (Lipinski definition) is 5. The number of rotatable bonds is 6. The summed E-state index contributed by atoms with van der Waals surface area (Å²) in [5, 5.41) is 18.2. The molecule has 0 unspecified atom stereocenters. The summed E-state index contributed by atoms with van der Waals surface area (Å²) in [6.07, 6.45) is 2.02. The van der Waals surface area contributed by atoms with Crippen molar-refractivity contribution in [2.45, 2.75) is 13.3 Å². The van der Waals surface area contributed by atoms with E-state index in [0.29, 0.717) is 24.5 Å². The zero-order valence-electron chi connectivity index (χ0n) is 12.2. The molecule has 1 heterocycles. The second-order valence-electron chi connectivity index (χ2n) is 4.63. The van der Waals surface area contributed by atoms with Crippen molar-refractivity contribution in [1.82, 2.24) is 10.5 Å². The average molecular weight is 296 g/mol. The van der Waals surface area contributed by atoms with Gasteiger partial charge in [0.1, 0.15) is 17.4 Å². The minimum atomic E-state index is -0.425. The highest BCUT2D eigenvalue weighted by Crippen LogP contribution is 2.07. The van der Waals surface area contributed by atoms with Gasteiger partial charge >= 0.3 is 0 Å². The summed E-state index contributed by atoms with van der Waals surface area (Å²) in [6, 6.07) is 13.3. The SMILES string of the molecule is Cc1cc(N/C=C(/C#N)C(=O)NCCc2ccccc2)no1. The van der Waals surface area contributed by atoms with Crippen molar-refractivity contribution < 1.29 is 9.32 Å². The molecular formula is C16H16N4O2. The molecule has 0 saturated heterocycles. The van der Waals surface area contributed by atoms with E-state index < -0.39 is 5.91 Å². The van der Waals surface area contributed by atoms with E-state index in [4.69, 9.17) is 9.78 Å². The summed E-state index contributed by atoms with van der Waals surface area (Å²) in [4.78, 5) is 11.9. The summed E-state index contributed by atoms with van der Waals surface area (Å²) in [5.74, 6) is 0.662. The number of carbonyl (C=O) groups excluding carboxylic acids is 1. The Hall–Kier alpha value is -3.07. The Kier molecular flexibility index (Phi) is 5.32. The highest BCUT2D eigenvalue weighted by molar-refractivity contribution is 5.97. The summed E-state index contributed by atoms with van der Waals surface area (Å²) >= 11 is 0. The first-order valence-corrected chi connectivity index (χ1v) is 6.81. The van der Waals surface area contributed by atoms with E-state index in [1.807, 2.05) is 36.4 Å². The molecule has 1 aromatic carbocycles. The van der Waals surface area contributed by atoms with Crippen LogP contribution in [0.1, 0.15) is 11.3 Å². The van der Waals surface area contributed by atoms with Gasteiger partial charge in [0.15, 0.2) is 5.82 Å². The topological polar surface area (TPSA) is 91.0 Å². The van der Waals surface area contributed by atoms with Crippen LogP contribution in [0.5, 0.6) is 0 Å². The normalized spacial score (nSPS) is 10.8. The fraction of sp³-hybridized carbons (Fsp3) is 0.188. The first-order valence-electron chi connectivity index (χ1n) is 6.81. The van der Waals surface area contributed by atoms with E-state index in [2.05, 4.69) is 15.8 Å². The van der Waals surface area contributed by atoms with Gasteiger partial charge in [-0.2, -0.15) is 5.26 Å². The van der Waals surface area contributed by atoms with E-state index in [-0.39, 0.29) is 5.57 Å². The molecule has 6 nitrogen and oxygen atoms in total. The number of amides is 1. The zero-order chi connectivity index (χ0) is 15.8. The quantitative estimate of drug-likeness (QED) is 0.629. The number of nitrogens with one attached hydrogen (secondary N) is 2. The Morgan fingerprint density at radius 3 is 2.82 bits per heavy atom. The Balaban J connectivity index is 1.85. The predicted octanol–water partition coefficient (Wildman–Crippen LogP) is 2.16. The number of nitriles is 1. The van der Waals surface area contributed by atoms with Crippen molar-refractivity contribution in [3.8, 4) is 6.07 Å². The van der Waals surface area contributed by atoms with Crippen LogP contribution in [0, 0.1) is 18.3 Å². The third-order valence-corrected chi connectivity index (χ3v) is 2.90. The molecule has 2 rings (SSSR count). The summed E-state index contributed by atoms with van der Waals surface area (Å²) in [6.45, 7) is 2.22. The fourth-order valence-corrected chi connectivity index (χ4v) is 1.79. The van der Waals surface area contributed by atoms with Gasteiger partial charge in [0.05, 0.1) is 0 Å². The number of hydrogen-bond donors (Lipinski definition) is 2. The van der Waals surface area contributed by atoms with Gasteiger partial charge in [0.2, 0.25) is 0 Å². The second kappa shape index (κ2) is 7.64. The van der Waals surface area contributed by atoms with E-state index in [1.165, 1.54) is 6.20 Å². The fourth-order valence-electron chi connectivity index (χ4n) is 1.79. The molecule has 0 saturated carbocycles. The summed E-state index contributed by atoms with van der Waals surface area (Å²) < 4.78 is 4.88.